The lowest BCUT2D eigenvalue weighted by Gasteiger charge is -2.30. The molecule has 3 amide bonds. The van der Waals surface area contributed by atoms with Gasteiger partial charge >= 0.3 is 0 Å². The topological polar surface area (TPSA) is 92.5 Å². The van der Waals surface area contributed by atoms with Crippen LogP contribution >= 0.6 is 0 Å². The summed E-state index contributed by atoms with van der Waals surface area (Å²) < 4.78 is 0. The van der Waals surface area contributed by atoms with Gasteiger partial charge in [0.1, 0.15) is 6.04 Å². The highest BCUT2D eigenvalue weighted by molar-refractivity contribution is 5.90. The molecule has 1 aliphatic heterocycles. The highest BCUT2D eigenvalue weighted by atomic mass is 16.2. The number of likely N-dealkylation sites (tertiary alicyclic amines) is 1. The van der Waals surface area contributed by atoms with Crippen molar-refractivity contribution in [1.82, 2.24) is 10.2 Å². The Balaban J connectivity index is 2.77. The Morgan fingerprint density at radius 2 is 1.92 bits per heavy atom. The molecular formula is C19H35N3O3. The fraction of sp³-hybridized carbons (Fsp3) is 0.842. The first-order valence-corrected chi connectivity index (χ1v) is 9.67. The van der Waals surface area contributed by atoms with Crippen molar-refractivity contribution in [1.29, 1.82) is 0 Å². The Kier molecular flexibility index (Phi) is 8.93. The van der Waals surface area contributed by atoms with Crippen LogP contribution < -0.4 is 11.1 Å². The van der Waals surface area contributed by atoms with Gasteiger partial charge in [-0.3, -0.25) is 14.4 Å². The van der Waals surface area contributed by atoms with Crippen LogP contribution in [0.4, 0.5) is 0 Å². The summed E-state index contributed by atoms with van der Waals surface area (Å²) in [5.41, 5.74) is 5.31. The maximum absolute atomic E-state index is 12.9. The summed E-state index contributed by atoms with van der Waals surface area (Å²) in [5.74, 6) is -1.17. The van der Waals surface area contributed by atoms with Crippen molar-refractivity contribution in [2.45, 2.75) is 84.7 Å². The van der Waals surface area contributed by atoms with Crippen LogP contribution in [-0.2, 0) is 14.4 Å². The van der Waals surface area contributed by atoms with Gasteiger partial charge in [-0.05, 0) is 32.1 Å². The molecule has 0 aromatic carbocycles. The van der Waals surface area contributed by atoms with E-state index in [-0.39, 0.29) is 30.2 Å². The van der Waals surface area contributed by atoms with Gasteiger partial charge in [-0.25, -0.2) is 0 Å². The first-order chi connectivity index (χ1) is 11.8. The van der Waals surface area contributed by atoms with Crippen LogP contribution in [-0.4, -0.2) is 41.2 Å². The van der Waals surface area contributed by atoms with Crippen LogP contribution in [0.2, 0.25) is 0 Å². The van der Waals surface area contributed by atoms with Gasteiger partial charge in [-0.1, -0.05) is 40.0 Å². The molecule has 144 valence electrons. The monoisotopic (exact) mass is 353 g/mol. The highest BCUT2D eigenvalue weighted by Crippen LogP contribution is 2.20. The van der Waals surface area contributed by atoms with Gasteiger partial charge in [0.25, 0.3) is 0 Å². The number of amides is 3. The van der Waals surface area contributed by atoms with Gasteiger partial charge < -0.3 is 16.0 Å². The molecule has 1 aliphatic rings. The predicted molar refractivity (Wildman–Crippen MR) is 98.6 cm³/mol. The predicted octanol–water partition coefficient (Wildman–Crippen LogP) is 2.21. The van der Waals surface area contributed by atoms with Crippen molar-refractivity contribution in [3.05, 3.63) is 0 Å². The number of primary amides is 1. The van der Waals surface area contributed by atoms with Crippen molar-refractivity contribution in [2.75, 3.05) is 6.54 Å². The van der Waals surface area contributed by atoms with E-state index in [1.54, 1.807) is 0 Å². The van der Waals surface area contributed by atoms with Gasteiger partial charge in [0.05, 0.1) is 0 Å². The zero-order chi connectivity index (χ0) is 19.0. The number of hydrogen-bond donors (Lipinski definition) is 2. The number of carbonyl (C=O) groups is 3. The van der Waals surface area contributed by atoms with E-state index in [0.29, 0.717) is 6.42 Å². The minimum Gasteiger partial charge on any atom is -0.370 e. The first kappa shape index (κ1) is 21.5. The number of unbranched alkanes of at least 4 members (excludes halogenated alkanes) is 2. The van der Waals surface area contributed by atoms with Crippen molar-refractivity contribution in [2.24, 2.45) is 17.6 Å². The Bertz CT molecular complexity index is 465. The molecule has 1 rings (SSSR count). The minimum atomic E-state index is -0.547. The Morgan fingerprint density at radius 3 is 2.40 bits per heavy atom. The number of hydrogen-bond acceptors (Lipinski definition) is 3. The first-order valence-electron chi connectivity index (χ1n) is 9.67. The normalized spacial score (nSPS) is 19.7. The van der Waals surface area contributed by atoms with E-state index >= 15 is 0 Å². The number of nitrogens with zero attached hydrogens (tertiary/aromatic N) is 1. The van der Waals surface area contributed by atoms with E-state index in [2.05, 4.69) is 12.2 Å². The summed E-state index contributed by atoms with van der Waals surface area (Å²) in [7, 11) is 0. The van der Waals surface area contributed by atoms with Gasteiger partial charge in [-0.15, -0.1) is 0 Å². The molecule has 25 heavy (non-hydrogen) atoms. The molecule has 0 aromatic rings. The van der Waals surface area contributed by atoms with Crippen molar-refractivity contribution in [3.63, 3.8) is 0 Å². The van der Waals surface area contributed by atoms with E-state index in [0.717, 1.165) is 38.6 Å². The smallest absolute Gasteiger partial charge is 0.245 e. The molecule has 0 unspecified atom stereocenters. The van der Waals surface area contributed by atoms with Gasteiger partial charge in [0.2, 0.25) is 17.7 Å². The quantitative estimate of drug-likeness (QED) is 0.590. The number of nitrogens with two attached hydrogens (primary N) is 1. The van der Waals surface area contributed by atoms with Gasteiger partial charge in [0.15, 0.2) is 0 Å². The molecule has 3 N–H and O–H groups in total. The second-order valence-electron chi connectivity index (χ2n) is 7.62. The Labute approximate surface area is 151 Å². The Morgan fingerprint density at radius 1 is 1.24 bits per heavy atom. The van der Waals surface area contributed by atoms with E-state index in [1.807, 2.05) is 25.7 Å². The van der Waals surface area contributed by atoms with Crippen LogP contribution in [0.3, 0.4) is 0 Å². The summed E-state index contributed by atoms with van der Waals surface area (Å²) in [6.45, 7) is 8.76. The molecule has 6 heteroatoms. The van der Waals surface area contributed by atoms with E-state index < -0.39 is 17.9 Å². The molecule has 1 heterocycles. The SMILES string of the molecule is CCCCC[C@H](CC(N)=O)C(=O)N[C@H](C(=O)N1CCC[C@H]1C)C(C)C. The molecule has 1 fully saturated rings. The fourth-order valence-electron chi connectivity index (χ4n) is 3.43. The van der Waals surface area contributed by atoms with Crippen LogP contribution in [0.5, 0.6) is 0 Å². The van der Waals surface area contributed by atoms with Crippen LogP contribution in [0, 0.1) is 11.8 Å². The van der Waals surface area contributed by atoms with Crippen molar-refractivity contribution >= 4 is 17.7 Å². The molecule has 0 bridgehead atoms. The zero-order valence-electron chi connectivity index (χ0n) is 16.2. The third-order valence-corrected chi connectivity index (χ3v) is 5.04. The maximum Gasteiger partial charge on any atom is 0.245 e. The number of carbonyl (C=O) groups excluding carboxylic acids is 3. The third kappa shape index (κ3) is 6.67. The van der Waals surface area contributed by atoms with Crippen molar-refractivity contribution < 1.29 is 14.4 Å². The van der Waals surface area contributed by atoms with Gasteiger partial charge in [0, 0.05) is 24.9 Å². The van der Waals surface area contributed by atoms with E-state index in [1.165, 1.54) is 0 Å². The second kappa shape index (κ2) is 10.4. The molecular weight excluding hydrogens is 318 g/mol. The molecule has 0 saturated carbocycles. The number of rotatable bonds is 10. The van der Waals surface area contributed by atoms with Crippen LogP contribution in [0.25, 0.3) is 0 Å². The molecule has 0 aromatic heterocycles. The summed E-state index contributed by atoms with van der Waals surface area (Å²) in [4.78, 5) is 38.7. The lowest BCUT2D eigenvalue weighted by atomic mass is 9.94. The molecule has 1 saturated heterocycles. The summed E-state index contributed by atoms with van der Waals surface area (Å²) in [6.07, 6.45) is 5.62. The molecule has 0 aliphatic carbocycles. The molecule has 3 atom stereocenters. The van der Waals surface area contributed by atoms with Crippen molar-refractivity contribution in [3.8, 4) is 0 Å². The lowest BCUT2D eigenvalue weighted by molar-refractivity contribution is -0.139. The standard InChI is InChI=1S/C19H35N3O3/c1-5-6-7-10-15(12-16(20)23)18(24)21-17(13(2)3)19(25)22-11-8-9-14(22)4/h13-15,17H,5-12H2,1-4H3,(H2,20,23)(H,21,24)/t14-,15-,17+/m1/s1. The third-order valence-electron chi connectivity index (χ3n) is 5.04. The Hall–Kier alpha value is -1.59. The van der Waals surface area contributed by atoms with Gasteiger partial charge in [-0.2, -0.15) is 0 Å². The summed E-state index contributed by atoms with van der Waals surface area (Å²) in [5, 5.41) is 2.91. The molecule has 0 radical (unpaired) electrons. The highest BCUT2D eigenvalue weighted by Gasteiger charge is 2.34. The van der Waals surface area contributed by atoms with E-state index in [4.69, 9.17) is 5.73 Å². The van der Waals surface area contributed by atoms with Crippen LogP contribution in [0.15, 0.2) is 0 Å². The average Bonchev–Trinajstić information content (AvgIpc) is 2.96. The summed E-state index contributed by atoms with van der Waals surface area (Å²) >= 11 is 0. The minimum absolute atomic E-state index is 0.00544. The zero-order valence-corrected chi connectivity index (χ0v) is 16.2. The fourth-order valence-corrected chi connectivity index (χ4v) is 3.43. The summed E-state index contributed by atoms with van der Waals surface area (Å²) in [6, 6.07) is -0.328. The number of nitrogens with one attached hydrogen (secondary N) is 1. The second-order valence-corrected chi connectivity index (χ2v) is 7.62. The van der Waals surface area contributed by atoms with Crippen LogP contribution in [0.1, 0.15) is 72.6 Å². The van der Waals surface area contributed by atoms with E-state index in [9.17, 15) is 14.4 Å². The largest absolute Gasteiger partial charge is 0.370 e. The molecule has 0 spiro atoms. The lowest BCUT2D eigenvalue weighted by Crippen LogP contribution is -2.53. The average molecular weight is 354 g/mol. The maximum atomic E-state index is 12.9. The molecule has 6 nitrogen and oxygen atoms in total.